The summed E-state index contributed by atoms with van der Waals surface area (Å²) in [5.74, 6) is -0.0875. The standard InChI is InChI=1S/C18H36O3/c1-5-6-7-8-9-10-11-12-13-14-17(19)20-15-16-21-18(2,3)4/h5-16H2,1-4H3. The molecule has 0 rings (SSSR count). The predicted molar refractivity (Wildman–Crippen MR) is 88.5 cm³/mol. The summed E-state index contributed by atoms with van der Waals surface area (Å²) in [5.41, 5.74) is -0.163. The van der Waals surface area contributed by atoms with E-state index in [9.17, 15) is 4.79 Å². The average molecular weight is 300 g/mol. The maximum Gasteiger partial charge on any atom is 0.305 e. The SMILES string of the molecule is CCCCCCCCCCCC(=O)OCCOC(C)(C)C. The normalized spacial score (nSPS) is 11.6. The number of hydrogen-bond donors (Lipinski definition) is 0. The van der Waals surface area contributed by atoms with Crippen LogP contribution in [-0.4, -0.2) is 24.8 Å². The Morgan fingerprint density at radius 3 is 1.86 bits per heavy atom. The molecule has 0 fully saturated rings. The number of rotatable bonds is 13. The van der Waals surface area contributed by atoms with Gasteiger partial charge in [0.05, 0.1) is 12.2 Å². The molecule has 0 saturated heterocycles. The van der Waals surface area contributed by atoms with Crippen molar-refractivity contribution in [1.29, 1.82) is 0 Å². The summed E-state index contributed by atoms with van der Waals surface area (Å²) < 4.78 is 10.6. The Morgan fingerprint density at radius 1 is 0.810 bits per heavy atom. The third-order valence-corrected chi connectivity index (χ3v) is 3.37. The highest BCUT2D eigenvalue weighted by Crippen LogP contribution is 2.11. The fourth-order valence-electron chi connectivity index (χ4n) is 2.16. The van der Waals surface area contributed by atoms with Gasteiger partial charge in [-0.05, 0) is 27.2 Å². The first-order valence-electron chi connectivity index (χ1n) is 8.75. The van der Waals surface area contributed by atoms with Crippen LogP contribution in [0.3, 0.4) is 0 Å². The molecule has 0 aromatic carbocycles. The van der Waals surface area contributed by atoms with Crippen molar-refractivity contribution >= 4 is 5.97 Å². The van der Waals surface area contributed by atoms with Gasteiger partial charge in [-0.25, -0.2) is 0 Å². The van der Waals surface area contributed by atoms with Crippen LogP contribution in [-0.2, 0) is 14.3 Å². The Morgan fingerprint density at radius 2 is 1.33 bits per heavy atom. The molecule has 0 spiro atoms. The van der Waals surface area contributed by atoms with Gasteiger partial charge in [0.2, 0.25) is 0 Å². The number of unbranched alkanes of at least 4 members (excludes halogenated alkanes) is 8. The Labute approximate surface area is 131 Å². The molecular weight excluding hydrogens is 264 g/mol. The molecule has 0 saturated carbocycles. The lowest BCUT2D eigenvalue weighted by atomic mass is 10.1. The first-order valence-corrected chi connectivity index (χ1v) is 8.75. The zero-order chi connectivity index (χ0) is 16.0. The zero-order valence-electron chi connectivity index (χ0n) is 14.7. The van der Waals surface area contributed by atoms with E-state index in [-0.39, 0.29) is 11.6 Å². The molecule has 3 nitrogen and oxygen atoms in total. The quantitative estimate of drug-likeness (QED) is 0.343. The van der Waals surface area contributed by atoms with Crippen molar-refractivity contribution in [3.63, 3.8) is 0 Å². The van der Waals surface area contributed by atoms with Crippen LogP contribution in [0.5, 0.6) is 0 Å². The zero-order valence-corrected chi connectivity index (χ0v) is 14.7. The van der Waals surface area contributed by atoms with Gasteiger partial charge in [-0.15, -0.1) is 0 Å². The van der Waals surface area contributed by atoms with Gasteiger partial charge in [-0.2, -0.15) is 0 Å². The van der Waals surface area contributed by atoms with Crippen molar-refractivity contribution in [2.24, 2.45) is 0 Å². The molecule has 0 aromatic heterocycles. The molecule has 0 aliphatic rings. The van der Waals surface area contributed by atoms with Gasteiger partial charge in [-0.3, -0.25) is 4.79 Å². The van der Waals surface area contributed by atoms with E-state index in [0.717, 1.165) is 12.8 Å². The average Bonchev–Trinajstić information content (AvgIpc) is 2.41. The number of ether oxygens (including phenoxy) is 2. The predicted octanol–water partition coefficient (Wildman–Crippen LogP) is 5.27. The van der Waals surface area contributed by atoms with Gasteiger partial charge < -0.3 is 9.47 Å². The summed E-state index contributed by atoms with van der Waals surface area (Å²) in [7, 11) is 0. The molecule has 0 atom stereocenters. The topological polar surface area (TPSA) is 35.5 Å². The molecule has 0 N–H and O–H groups in total. The van der Waals surface area contributed by atoms with Gasteiger partial charge in [0.25, 0.3) is 0 Å². The molecule has 0 amide bonds. The molecule has 0 heterocycles. The monoisotopic (exact) mass is 300 g/mol. The minimum Gasteiger partial charge on any atom is -0.463 e. The molecule has 3 heteroatoms. The highest BCUT2D eigenvalue weighted by molar-refractivity contribution is 5.69. The number of hydrogen-bond acceptors (Lipinski definition) is 3. The van der Waals surface area contributed by atoms with Crippen molar-refractivity contribution in [2.45, 2.75) is 97.5 Å². The van der Waals surface area contributed by atoms with Gasteiger partial charge in [0, 0.05) is 6.42 Å². The minimum absolute atomic E-state index is 0.0875. The maximum atomic E-state index is 11.5. The van der Waals surface area contributed by atoms with Crippen molar-refractivity contribution in [2.75, 3.05) is 13.2 Å². The summed E-state index contributed by atoms with van der Waals surface area (Å²) >= 11 is 0. The van der Waals surface area contributed by atoms with Crippen LogP contribution >= 0.6 is 0 Å². The van der Waals surface area contributed by atoms with Crippen molar-refractivity contribution in [3.8, 4) is 0 Å². The van der Waals surface area contributed by atoms with Gasteiger partial charge >= 0.3 is 5.97 Å². The van der Waals surface area contributed by atoms with Crippen LogP contribution in [0.4, 0.5) is 0 Å². The minimum atomic E-state index is -0.163. The molecule has 0 aliphatic carbocycles. The Balaban J connectivity index is 3.23. The molecule has 0 aliphatic heterocycles. The largest absolute Gasteiger partial charge is 0.463 e. The van der Waals surface area contributed by atoms with Crippen LogP contribution < -0.4 is 0 Å². The maximum absolute atomic E-state index is 11.5. The van der Waals surface area contributed by atoms with Crippen molar-refractivity contribution in [3.05, 3.63) is 0 Å². The van der Waals surface area contributed by atoms with Crippen LogP contribution in [0.25, 0.3) is 0 Å². The second-order valence-corrected chi connectivity index (χ2v) is 6.76. The van der Waals surface area contributed by atoms with E-state index in [1.807, 2.05) is 20.8 Å². The summed E-state index contributed by atoms with van der Waals surface area (Å²) in [5, 5.41) is 0. The van der Waals surface area contributed by atoms with E-state index in [0.29, 0.717) is 19.6 Å². The lowest BCUT2D eigenvalue weighted by molar-refractivity contribution is -0.147. The number of carbonyl (C=O) groups is 1. The first kappa shape index (κ1) is 20.4. The second-order valence-electron chi connectivity index (χ2n) is 6.76. The summed E-state index contributed by atoms with van der Waals surface area (Å²) in [4.78, 5) is 11.5. The summed E-state index contributed by atoms with van der Waals surface area (Å²) in [6, 6.07) is 0. The van der Waals surface area contributed by atoms with E-state index in [1.165, 1.54) is 44.9 Å². The molecule has 0 bridgehead atoms. The highest BCUT2D eigenvalue weighted by atomic mass is 16.6. The Hall–Kier alpha value is -0.570. The summed E-state index contributed by atoms with van der Waals surface area (Å²) in [6.45, 7) is 9.08. The molecule has 0 radical (unpaired) electrons. The number of carbonyl (C=O) groups excluding carboxylic acids is 1. The van der Waals surface area contributed by atoms with E-state index >= 15 is 0 Å². The van der Waals surface area contributed by atoms with Crippen molar-refractivity contribution < 1.29 is 14.3 Å². The van der Waals surface area contributed by atoms with Gasteiger partial charge in [0.15, 0.2) is 0 Å². The van der Waals surface area contributed by atoms with Crippen LogP contribution in [0.1, 0.15) is 91.9 Å². The van der Waals surface area contributed by atoms with Crippen LogP contribution in [0, 0.1) is 0 Å². The molecule has 0 unspecified atom stereocenters. The molecule has 0 aromatic rings. The van der Waals surface area contributed by atoms with Gasteiger partial charge in [-0.1, -0.05) is 58.3 Å². The Kier molecular flexibility index (Phi) is 12.8. The van der Waals surface area contributed by atoms with E-state index in [4.69, 9.17) is 9.47 Å². The lowest BCUT2D eigenvalue weighted by Crippen LogP contribution is -2.22. The van der Waals surface area contributed by atoms with E-state index in [2.05, 4.69) is 6.92 Å². The Bertz CT molecular complexity index is 243. The van der Waals surface area contributed by atoms with E-state index in [1.54, 1.807) is 0 Å². The fourth-order valence-corrected chi connectivity index (χ4v) is 2.16. The highest BCUT2D eigenvalue weighted by Gasteiger charge is 2.10. The van der Waals surface area contributed by atoms with Crippen LogP contribution in [0.2, 0.25) is 0 Å². The fraction of sp³-hybridized carbons (Fsp3) is 0.944. The summed E-state index contributed by atoms with van der Waals surface area (Å²) in [6.07, 6.45) is 11.9. The van der Waals surface area contributed by atoms with Crippen molar-refractivity contribution in [1.82, 2.24) is 0 Å². The van der Waals surface area contributed by atoms with Crippen LogP contribution in [0.15, 0.2) is 0 Å². The molecule has 126 valence electrons. The molecule has 21 heavy (non-hydrogen) atoms. The number of esters is 1. The van der Waals surface area contributed by atoms with E-state index < -0.39 is 0 Å². The lowest BCUT2D eigenvalue weighted by Gasteiger charge is -2.19. The smallest absolute Gasteiger partial charge is 0.305 e. The first-order chi connectivity index (χ1) is 9.95. The third kappa shape index (κ3) is 17.4. The van der Waals surface area contributed by atoms with Gasteiger partial charge in [0.1, 0.15) is 6.61 Å². The molecular formula is C18H36O3. The third-order valence-electron chi connectivity index (χ3n) is 3.37. The second kappa shape index (κ2) is 13.1.